The predicted octanol–water partition coefficient (Wildman–Crippen LogP) is 2.30. The van der Waals surface area contributed by atoms with Crippen LogP contribution in [0.25, 0.3) is 10.8 Å². The highest BCUT2D eigenvalue weighted by Crippen LogP contribution is 2.20. The van der Waals surface area contributed by atoms with E-state index < -0.39 is 15.8 Å². The van der Waals surface area contributed by atoms with Gasteiger partial charge in [0.15, 0.2) is 9.84 Å². The third-order valence-corrected chi connectivity index (χ3v) is 4.04. The van der Waals surface area contributed by atoms with E-state index in [1.165, 1.54) is 13.2 Å². The van der Waals surface area contributed by atoms with E-state index in [1.807, 2.05) is 24.3 Å². The van der Waals surface area contributed by atoms with Crippen LogP contribution in [0.4, 0.5) is 0 Å². The maximum atomic E-state index is 12.0. The molecule has 0 aromatic heterocycles. The first-order valence-electron chi connectivity index (χ1n) is 5.53. The number of benzene rings is 2. The second-order valence-electron chi connectivity index (χ2n) is 3.88. The monoisotopic (exact) mass is 276 g/mol. The smallest absolute Gasteiger partial charge is 0.331 e. The number of carbonyl (C=O) groups is 1. The number of ether oxygens (including phenoxy) is 1. The molecule has 0 aliphatic carbocycles. The van der Waals surface area contributed by atoms with Crippen LogP contribution in [-0.4, -0.2) is 21.5 Å². The highest BCUT2D eigenvalue weighted by atomic mass is 32.2. The number of sulfone groups is 1. The van der Waals surface area contributed by atoms with Gasteiger partial charge in [-0.2, -0.15) is 0 Å². The van der Waals surface area contributed by atoms with Crippen LogP contribution in [0, 0.1) is 0 Å². The second-order valence-corrected chi connectivity index (χ2v) is 5.71. The Morgan fingerprint density at radius 1 is 1.11 bits per heavy atom. The van der Waals surface area contributed by atoms with E-state index in [9.17, 15) is 13.2 Å². The molecule has 0 N–H and O–H groups in total. The number of esters is 1. The SMILES string of the molecule is COC(=O)/C=C/S(=O)(=O)c1ccc2ccccc2c1. The summed E-state index contributed by atoms with van der Waals surface area (Å²) in [7, 11) is -2.45. The summed E-state index contributed by atoms with van der Waals surface area (Å²) in [6.45, 7) is 0. The van der Waals surface area contributed by atoms with Crippen molar-refractivity contribution in [3.05, 3.63) is 53.9 Å². The Balaban J connectivity index is 2.43. The van der Waals surface area contributed by atoms with Crippen LogP contribution in [0.15, 0.2) is 58.8 Å². The van der Waals surface area contributed by atoms with E-state index in [-0.39, 0.29) is 4.90 Å². The molecule has 2 aromatic carbocycles. The van der Waals surface area contributed by atoms with Gasteiger partial charge in [-0.05, 0) is 22.9 Å². The van der Waals surface area contributed by atoms with Crippen LogP contribution >= 0.6 is 0 Å². The minimum Gasteiger partial charge on any atom is -0.466 e. The van der Waals surface area contributed by atoms with Gasteiger partial charge in [0.2, 0.25) is 0 Å². The fourth-order valence-electron chi connectivity index (χ4n) is 1.64. The summed E-state index contributed by atoms with van der Waals surface area (Å²) in [6.07, 6.45) is 0.893. The molecular formula is C14H12O4S. The minimum absolute atomic E-state index is 0.145. The quantitative estimate of drug-likeness (QED) is 0.637. The fourth-order valence-corrected chi connectivity index (χ4v) is 2.63. The van der Waals surface area contributed by atoms with Crippen LogP contribution in [0.5, 0.6) is 0 Å². The van der Waals surface area contributed by atoms with Crippen LogP contribution in [0.1, 0.15) is 0 Å². The van der Waals surface area contributed by atoms with Gasteiger partial charge in [0, 0.05) is 11.5 Å². The molecule has 0 fully saturated rings. The van der Waals surface area contributed by atoms with Gasteiger partial charge in [-0.1, -0.05) is 30.3 Å². The summed E-state index contributed by atoms with van der Waals surface area (Å²) in [4.78, 5) is 11.1. The molecule has 0 heterocycles. The van der Waals surface area contributed by atoms with Crippen molar-refractivity contribution in [2.24, 2.45) is 0 Å². The lowest BCUT2D eigenvalue weighted by Crippen LogP contribution is -2.00. The number of fused-ring (bicyclic) bond motifs is 1. The molecule has 0 unspecified atom stereocenters. The van der Waals surface area contributed by atoms with Crippen molar-refractivity contribution in [2.45, 2.75) is 4.90 Å². The Morgan fingerprint density at radius 3 is 2.47 bits per heavy atom. The van der Waals surface area contributed by atoms with Crippen LogP contribution in [-0.2, 0) is 19.4 Å². The third kappa shape index (κ3) is 3.00. The van der Waals surface area contributed by atoms with Gasteiger partial charge in [0.1, 0.15) is 0 Å². The van der Waals surface area contributed by atoms with Gasteiger partial charge >= 0.3 is 5.97 Å². The highest BCUT2D eigenvalue weighted by Gasteiger charge is 2.11. The lowest BCUT2D eigenvalue weighted by atomic mass is 10.1. The number of hydrogen-bond acceptors (Lipinski definition) is 4. The second kappa shape index (κ2) is 5.24. The molecular weight excluding hydrogens is 264 g/mol. The van der Waals surface area contributed by atoms with Gasteiger partial charge < -0.3 is 4.74 Å². The van der Waals surface area contributed by atoms with Gasteiger partial charge in [-0.15, -0.1) is 0 Å². The Morgan fingerprint density at radius 2 is 1.79 bits per heavy atom. The number of methoxy groups -OCH3 is 1. The summed E-state index contributed by atoms with van der Waals surface area (Å²) >= 11 is 0. The van der Waals surface area contributed by atoms with E-state index in [0.717, 1.165) is 22.3 Å². The summed E-state index contributed by atoms with van der Waals surface area (Å²) in [5.41, 5.74) is 0. The first-order chi connectivity index (χ1) is 9.03. The lowest BCUT2D eigenvalue weighted by Gasteiger charge is -2.02. The van der Waals surface area contributed by atoms with E-state index >= 15 is 0 Å². The first-order valence-corrected chi connectivity index (χ1v) is 7.07. The van der Waals surface area contributed by atoms with Crippen molar-refractivity contribution in [3.8, 4) is 0 Å². The molecule has 2 aromatic rings. The van der Waals surface area contributed by atoms with Crippen molar-refractivity contribution in [1.29, 1.82) is 0 Å². The number of rotatable bonds is 3. The van der Waals surface area contributed by atoms with E-state index in [1.54, 1.807) is 12.1 Å². The Bertz CT molecular complexity index is 745. The molecule has 0 amide bonds. The Kier molecular flexibility index (Phi) is 3.66. The van der Waals surface area contributed by atoms with Crippen LogP contribution in [0.2, 0.25) is 0 Å². The zero-order chi connectivity index (χ0) is 13.9. The average molecular weight is 276 g/mol. The van der Waals surface area contributed by atoms with Crippen molar-refractivity contribution in [1.82, 2.24) is 0 Å². The molecule has 0 aliphatic rings. The summed E-state index contributed by atoms with van der Waals surface area (Å²) < 4.78 is 28.4. The Labute approximate surface area is 111 Å². The van der Waals surface area contributed by atoms with Gasteiger partial charge in [0.05, 0.1) is 12.0 Å². The maximum Gasteiger partial charge on any atom is 0.331 e. The topological polar surface area (TPSA) is 60.4 Å². The van der Waals surface area contributed by atoms with Gasteiger partial charge in [0.25, 0.3) is 0 Å². The molecule has 2 rings (SSSR count). The van der Waals surface area contributed by atoms with E-state index in [0.29, 0.717) is 0 Å². The molecule has 19 heavy (non-hydrogen) atoms. The lowest BCUT2D eigenvalue weighted by molar-refractivity contribution is -0.134. The van der Waals surface area contributed by atoms with Gasteiger partial charge in [-0.25, -0.2) is 13.2 Å². The van der Waals surface area contributed by atoms with Crippen molar-refractivity contribution in [3.63, 3.8) is 0 Å². The molecule has 0 aliphatic heterocycles. The summed E-state index contributed by atoms with van der Waals surface area (Å²) in [5.74, 6) is -0.704. The molecule has 0 bridgehead atoms. The molecule has 5 heteroatoms. The summed E-state index contributed by atoms with van der Waals surface area (Å²) in [5, 5.41) is 2.64. The van der Waals surface area contributed by atoms with Crippen LogP contribution in [0.3, 0.4) is 0 Å². The molecule has 4 nitrogen and oxygen atoms in total. The van der Waals surface area contributed by atoms with Crippen molar-refractivity contribution >= 4 is 26.6 Å². The first kappa shape index (κ1) is 13.3. The number of carbonyl (C=O) groups excluding carboxylic acids is 1. The molecule has 98 valence electrons. The molecule has 0 saturated heterocycles. The normalized spacial score (nSPS) is 11.8. The Hall–Kier alpha value is -2.14. The summed E-state index contributed by atoms with van der Waals surface area (Å²) in [6, 6.07) is 12.3. The predicted molar refractivity (Wildman–Crippen MR) is 72.3 cm³/mol. The maximum absolute atomic E-state index is 12.0. The fraction of sp³-hybridized carbons (Fsp3) is 0.0714. The largest absolute Gasteiger partial charge is 0.466 e. The van der Waals surface area contributed by atoms with E-state index in [4.69, 9.17) is 0 Å². The number of hydrogen-bond donors (Lipinski definition) is 0. The van der Waals surface area contributed by atoms with Crippen molar-refractivity contribution in [2.75, 3.05) is 7.11 Å². The molecule has 0 radical (unpaired) electrons. The molecule has 0 spiro atoms. The average Bonchev–Trinajstić information content (AvgIpc) is 2.44. The third-order valence-electron chi connectivity index (χ3n) is 2.63. The molecule has 0 atom stereocenters. The van der Waals surface area contributed by atoms with Crippen LogP contribution < -0.4 is 0 Å². The zero-order valence-electron chi connectivity index (χ0n) is 10.2. The minimum atomic E-state index is -3.64. The standard InChI is InChI=1S/C14H12O4S/c1-18-14(15)8-9-19(16,17)13-7-6-11-4-2-3-5-12(11)10-13/h2-10H,1H3/b9-8+. The van der Waals surface area contributed by atoms with Crippen molar-refractivity contribution < 1.29 is 17.9 Å². The van der Waals surface area contributed by atoms with E-state index in [2.05, 4.69) is 4.74 Å². The highest BCUT2D eigenvalue weighted by molar-refractivity contribution is 7.94. The zero-order valence-corrected chi connectivity index (χ0v) is 11.1. The molecule has 0 saturated carbocycles. The van der Waals surface area contributed by atoms with Gasteiger partial charge in [-0.3, -0.25) is 0 Å².